The summed E-state index contributed by atoms with van der Waals surface area (Å²) in [6, 6.07) is 7.55. The van der Waals surface area contributed by atoms with Gasteiger partial charge in [-0.25, -0.2) is 0 Å². The molecule has 0 fully saturated rings. The number of amidine groups is 1. The van der Waals surface area contributed by atoms with Crippen LogP contribution in [0.5, 0.6) is 5.75 Å². The van der Waals surface area contributed by atoms with Crippen LogP contribution < -0.4 is 10.5 Å². The highest BCUT2D eigenvalue weighted by molar-refractivity contribution is 5.89. The average Bonchev–Trinajstić information content (AvgIpc) is 2.81. The molecule has 0 bridgehead atoms. The standard InChI is InChI=1S/C12H15N3O3/c1-15(7-11(13)14-17)12(16)10-6-8-4-2-3-5-9(8)18-10/h2-5,10,17H,6-7H2,1H3,(H2,13,14). The molecule has 0 spiro atoms. The third-order valence-corrected chi connectivity index (χ3v) is 2.83. The number of oxime groups is 1. The summed E-state index contributed by atoms with van der Waals surface area (Å²) in [4.78, 5) is 13.5. The zero-order chi connectivity index (χ0) is 13.1. The van der Waals surface area contributed by atoms with Crippen molar-refractivity contribution in [2.45, 2.75) is 12.5 Å². The third kappa shape index (κ3) is 2.37. The Morgan fingerprint density at radius 2 is 2.33 bits per heavy atom. The largest absolute Gasteiger partial charge is 0.480 e. The van der Waals surface area contributed by atoms with E-state index in [9.17, 15) is 4.79 Å². The SMILES string of the molecule is CN(CC(N)=NO)C(=O)C1Cc2ccccc2O1. The Balaban J connectivity index is 2.01. The molecule has 0 aliphatic carbocycles. The Labute approximate surface area is 105 Å². The van der Waals surface area contributed by atoms with Gasteiger partial charge >= 0.3 is 0 Å². The Hall–Kier alpha value is -2.24. The van der Waals surface area contributed by atoms with E-state index in [4.69, 9.17) is 15.7 Å². The first-order valence-electron chi connectivity index (χ1n) is 5.57. The van der Waals surface area contributed by atoms with E-state index < -0.39 is 6.10 Å². The van der Waals surface area contributed by atoms with Crippen molar-refractivity contribution in [3.8, 4) is 5.75 Å². The van der Waals surface area contributed by atoms with Gasteiger partial charge in [-0.15, -0.1) is 0 Å². The second-order valence-electron chi connectivity index (χ2n) is 4.20. The second kappa shape index (κ2) is 4.95. The molecule has 1 aromatic carbocycles. The molecule has 2 rings (SSSR count). The number of carbonyl (C=O) groups excluding carboxylic acids is 1. The Morgan fingerprint density at radius 3 is 3.00 bits per heavy atom. The number of benzene rings is 1. The van der Waals surface area contributed by atoms with Gasteiger partial charge in [-0.3, -0.25) is 4.79 Å². The van der Waals surface area contributed by atoms with E-state index in [1.54, 1.807) is 7.05 Å². The minimum Gasteiger partial charge on any atom is -0.480 e. The highest BCUT2D eigenvalue weighted by Crippen LogP contribution is 2.28. The first kappa shape index (κ1) is 12.2. The maximum absolute atomic E-state index is 12.1. The van der Waals surface area contributed by atoms with Crippen LogP contribution in [0.25, 0.3) is 0 Å². The predicted octanol–water partition coefficient (Wildman–Crippen LogP) is 0.195. The Bertz CT molecular complexity index is 462. The summed E-state index contributed by atoms with van der Waals surface area (Å²) in [5.41, 5.74) is 6.38. The fourth-order valence-corrected chi connectivity index (χ4v) is 1.92. The van der Waals surface area contributed by atoms with Crippen molar-refractivity contribution in [3.05, 3.63) is 29.8 Å². The van der Waals surface area contributed by atoms with Crippen LogP contribution in [0.2, 0.25) is 0 Å². The molecule has 0 radical (unpaired) electrons. The zero-order valence-corrected chi connectivity index (χ0v) is 10.0. The van der Waals surface area contributed by atoms with E-state index in [0.717, 1.165) is 11.3 Å². The van der Waals surface area contributed by atoms with E-state index in [-0.39, 0.29) is 18.3 Å². The molecule has 1 aliphatic heterocycles. The van der Waals surface area contributed by atoms with Crippen molar-refractivity contribution in [1.82, 2.24) is 4.90 Å². The molecule has 3 N–H and O–H groups in total. The van der Waals surface area contributed by atoms with E-state index >= 15 is 0 Å². The molecule has 0 aromatic heterocycles. The number of carbonyl (C=O) groups is 1. The molecule has 1 unspecified atom stereocenters. The highest BCUT2D eigenvalue weighted by atomic mass is 16.5. The summed E-state index contributed by atoms with van der Waals surface area (Å²) in [5, 5.41) is 11.3. The number of nitrogens with zero attached hydrogens (tertiary/aromatic N) is 2. The van der Waals surface area contributed by atoms with Crippen molar-refractivity contribution < 1.29 is 14.7 Å². The molecule has 6 nitrogen and oxygen atoms in total. The highest BCUT2D eigenvalue weighted by Gasteiger charge is 2.31. The minimum absolute atomic E-state index is 0.0126. The zero-order valence-electron chi connectivity index (χ0n) is 10.0. The van der Waals surface area contributed by atoms with Gasteiger partial charge in [0.1, 0.15) is 5.75 Å². The van der Waals surface area contributed by atoms with E-state index in [1.807, 2.05) is 24.3 Å². The number of amides is 1. The van der Waals surface area contributed by atoms with Crippen molar-refractivity contribution in [2.24, 2.45) is 10.9 Å². The molecule has 1 atom stereocenters. The molecule has 18 heavy (non-hydrogen) atoms. The molecule has 6 heteroatoms. The van der Waals surface area contributed by atoms with Gasteiger partial charge in [0.25, 0.3) is 5.91 Å². The van der Waals surface area contributed by atoms with Gasteiger partial charge in [0.05, 0.1) is 6.54 Å². The number of hydrogen-bond acceptors (Lipinski definition) is 4. The number of fused-ring (bicyclic) bond motifs is 1. The first-order chi connectivity index (χ1) is 8.61. The quantitative estimate of drug-likeness (QED) is 0.346. The lowest BCUT2D eigenvalue weighted by atomic mass is 10.1. The lowest BCUT2D eigenvalue weighted by Crippen LogP contribution is -2.43. The van der Waals surface area contributed by atoms with Gasteiger partial charge < -0.3 is 20.6 Å². The number of rotatable bonds is 3. The Morgan fingerprint density at radius 1 is 1.61 bits per heavy atom. The summed E-state index contributed by atoms with van der Waals surface area (Å²) < 4.78 is 5.57. The topological polar surface area (TPSA) is 88.1 Å². The van der Waals surface area contributed by atoms with E-state index in [0.29, 0.717) is 6.42 Å². The van der Waals surface area contributed by atoms with E-state index in [2.05, 4.69) is 5.16 Å². The van der Waals surface area contributed by atoms with Crippen LogP contribution in [0.1, 0.15) is 5.56 Å². The van der Waals surface area contributed by atoms with Crippen molar-refractivity contribution in [2.75, 3.05) is 13.6 Å². The van der Waals surface area contributed by atoms with E-state index in [1.165, 1.54) is 4.90 Å². The predicted molar refractivity (Wildman–Crippen MR) is 65.6 cm³/mol. The average molecular weight is 249 g/mol. The van der Waals surface area contributed by atoms with Crippen molar-refractivity contribution in [1.29, 1.82) is 0 Å². The summed E-state index contributed by atoms with van der Waals surface area (Å²) in [6.07, 6.45) is 0.0223. The third-order valence-electron chi connectivity index (χ3n) is 2.83. The maximum atomic E-state index is 12.1. The fraction of sp³-hybridized carbons (Fsp3) is 0.333. The number of para-hydroxylation sites is 1. The molecule has 0 saturated carbocycles. The maximum Gasteiger partial charge on any atom is 0.264 e. The van der Waals surface area contributed by atoms with Gasteiger partial charge in [0.15, 0.2) is 11.9 Å². The van der Waals surface area contributed by atoms with Gasteiger partial charge in [-0.2, -0.15) is 0 Å². The van der Waals surface area contributed by atoms with Crippen LogP contribution in [0.3, 0.4) is 0 Å². The van der Waals surface area contributed by atoms with Crippen LogP contribution in [0.15, 0.2) is 29.4 Å². The Kier molecular flexibility index (Phi) is 3.36. The number of hydrogen-bond donors (Lipinski definition) is 2. The second-order valence-corrected chi connectivity index (χ2v) is 4.20. The van der Waals surface area contributed by atoms with Crippen LogP contribution >= 0.6 is 0 Å². The van der Waals surface area contributed by atoms with Gasteiger partial charge in [0.2, 0.25) is 0 Å². The molecule has 1 aromatic rings. The minimum atomic E-state index is -0.529. The smallest absolute Gasteiger partial charge is 0.264 e. The van der Waals surface area contributed by atoms with Gasteiger partial charge in [0, 0.05) is 13.5 Å². The summed E-state index contributed by atoms with van der Waals surface area (Å²) in [7, 11) is 1.59. The lowest BCUT2D eigenvalue weighted by Gasteiger charge is -2.19. The van der Waals surface area contributed by atoms with Crippen LogP contribution in [0, 0.1) is 0 Å². The summed E-state index contributed by atoms with van der Waals surface area (Å²) in [5.74, 6) is 0.548. The number of nitrogens with two attached hydrogens (primary N) is 1. The molecule has 1 aliphatic rings. The van der Waals surface area contributed by atoms with Gasteiger partial charge in [-0.1, -0.05) is 23.4 Å². The van der Waals surface area contributed by atoms with Crippen LogP contribution in [-0.2, 0) is 11.2 Å². The first-order valence-corrected chi connectivity index (χ1v) is 5.57. The summed E-state index contributed by atoms with van der Waals surface area (Å²) in [6.45, 7) is 0.0749. The molecular formula is C12H15N3O3. The molecule has 1 heterocycles. The number of ether oxygens (including phenoxy) is 1. The summed E-state index contributed by atoms with van der Waals surface area (Å²) >= 11 is 0. The molecule has 96 valence electrons. The van der Waals surface area contributed by atoms with Crippen LogP contribution in [-0.4, -0.2) is 41.5 Å². The molecule has 1 amide bonds. The van der Waals surface area contributed by atoms with Crippen molar-refractivity contribution in [3.63, 3.8) is 0 Å². The number of likely N-dealkylation sites (N-methyl/N-ethyl adjacent to an activating group) is 1. The lowest BCUT2D eigenvalue weighted by molar-refractivity contribution is -0.135. The molecule has 0 saturated heterocycles. The van der Waals surface area contributed by atoms with Gasteiger partial charge in [-0.05, 0) is 11.6 Å². The monoisotopic (exact) mass is 249 g/mol. The fourth-order valence-electron chi connectivity index (χ4n) is 1.92. The van der Waals surface area contributed by atoms with Crippen LogP contribution in [0.4, 0.5) is 0 Å². The van der Waals surface area contributed by atoms with Crippen molar-refractivity contribution >= 4 is 11.7 Å². The normalized spacial score (nSPS) is 18.1. The molecular weight excluding hydrogens is 234 g/mol.